The Kier molecular flexibility index (Phi) is 9.32. The summed E-state index contributed by atoms with van der Waals surface area (Å²) in [5.41, 5.74) is -0.478. The number of nitrogens with one attached hydrogen (secondary N) is 2. The Morgan fingerprint density at radius 1 is 1.19 bits per heavy atom. The third kappa shape index (κ3) is 8.79. The minimum atomic E-state index is -0.486. The van der Waals surface area contributed by atoms with E-state index in [0.717, 1.165) is 38.8 Å². The molecule has 1 heterocycles. The van der Waals surface area contributed by atoms with Gasteiger partial charge >= 0.3 is 6.09 Å². The van der Waals surface area contributed by atoms with E-state index in [0.29, 0.717) is 19.6 Å². The molecule has 1 amide bonds. The van der Waals surface area contributed by atoms with Crippen LogP contribution in [0.3, 0.4) is 0 Å². The number of morpholine rings is 1. The summed E-state index contributed by atoms with van der Waals surface area (Å²) in [5.74, 6) is 0.733. The van der Waals surface area contributed by atoms with Crippen LogP contribution in [-0.4, -0.2) is 92.5 Å². The highest BCUT2D eigenvalue weighted by Gasteiger charge is 2.28. The second-order valence-corrected chi connectivity index (χ2v) is 8.32. The SMILES string of the molecule is CCN(CCNC(=NC)NCC(C)(C)N1CCOCC1)C(=O)OC(C)(C)C. The Labute approximate surface area is 164 Å². The maximum Gasteiger partial charge on any atom is 0.410 e. The maximum absolute atomic E-state index is 12.2. The van der Waals surface area contributed by atoms with E-state index in [9.17, 15) is 4.79 Å². The lowest BCUT2D eigenvalue weighted by Gasteiger charge is -2.41. The first-order valence-corrected chi connectivity index (χ1v) is 9.84. The van der Waals surface area contributed by atoms with Gasteiger partial charge in [0.2, 0.25) is 0 Å². The van der Waals surface area contributed by atoms with E-state index in [-0.39, 0.29) is 11.6 Å². The maximum atomic E-state index is 12.2. The zero-order chi connectivity index (χ0) is 20.5. The molecule has 0 aromatic carbocycles. The van der Waals surface area contributed by atoms with Gasteiger partial charge in [-0.05, 0) is 41.5 Å². The Morgan fingerprint density at radius 2 is 1.81 bits per heavy atom. The average Bonchev–Trinajstić information content (AvgIpc) is 2.60. The zero-order valence-corrected chi connectivity index (χ0v) is 18.2. The van der Waals surface area contributed by atoms with E-state index in [4.69, 9.17) is 9.47 Å². The molecule has 0 spiro atoms. The van der Waals surface area contributed by atoms with Crippen LogP contribution in [0.15, 0.2) is 4.99 Å². The van der Waals surface area contributed by atoms with Gasteiger partial charge in [-0.1, -0.05) is 0 Å². The molecule has 8 heteroatoms. The molecule has 27 heavy (non-hydrogen) atoms. The van der Waals surface area contributed by atoms with Crippen LogP contribution in [0.4, 0.5) is 4.79 Å². The van der Waals surface area contributed by atoms with Crippen molar-refractivity contribution in [1.29, 1.82) is 0 Å². The van der Waals surface area contributed by atoms with Crippen molar-refractivity contribution in [2.24, 2.45) is 4.99 Å². The summed E-state index contributed by atoms with van der Waals surface area (Å²) in [5, 5.41) is 6.66. The van der Waals surface area contributed by atoms with Gasteiger partial charge in [0.15, 0.2) is 5.96 Å². The lowest BCUT2D eigenvalue weighted by molar-refractivity contribution is -0.00834. The third-order valence-electron chi connectivity index (χ3n) is 4.49. The van der Waals surface area contributed by atoms with Gasteiger partial charge in [-0.25, -0.2) is 4.79 Å². The number of likely N-dealkylation sites (N-methyl/N-ethyl adjacent to an activating group) is 1. The summed E-state index contributed by atoms with van der Waals surface area (Å²) < 4.78 is 10.9. The third-order valence-corrected chi connectivity index (χ3v) is 4.49. The van der Waals surface area contributed by atoms with Crippen molar-refractivity contribution in [3.63, 3.8) is 0 Å². The molecule has 0 atom stereocenters. The Hall–Kier alpha value is -1.54. The van der Waals surface area contributed by atoms with E-state index in [1.54, 1.807) is 11.9 Å². The summed E-state index contributed by atoms with van der Waals surface area (Å²) in [6.07, 6.45) is -0.289. The van der Waals surface area contributed by atoms with Gasteiger partial charge in [-0.2, -0.15) is 0 Å². The van der Waals surface area contributed by atoms with Crippen molar-refractivity contribution in [2.75, 3.05) is 59.5 Å². The van der Waals surface area contributed by atoms with Crippen molar-refractivity contribution in [3.8, 4) is 0 Å². The van der Waals surface area contributed by atoms with E-state index < -0.39 is 5.60 Å². The standard InChI is InChI=1S/C19H39N5O3/c1-8-23(17(25)27-18(2,3)4)10-9-21-16(20-7)22-15-19(5,6)24-11-13-26-14-12-24/h8-15H2,1-7H3,(H2,20,21,22). The number of hydrogen-bond acceptors (Lipinski definition) is 5. The molecule has 1 aliphatic heterocycles. The summed E-state index contributed by atoms with van der Waals surface area (Å²) in [7, 11) is 1.75. The van der Waals surface area contributed by atoms with Crippen molar-refractivity contribution in [1.82, 2.24) is 20.4 Å². The van der Waals surface area contributed by atoms with Gasteiger partial charge in [-0.15, -0.1) is 0 Å². The van der Waals surface area contributed by atoms with Gasteiger partial charge in [0, 0.05) is 51.9 Å². The van der Waals surface area contributed by atoms with Gasteiger partial charge in [0.25, 0.3) is 0 Å². The minimum Gasteiger partial charge on any atom is -0.444 e. The molecule has 0 unspecified atom stereocenters. The highest BCUT2D eigenvalue weighted by Crippen LogP contribution is 2.15. The summed E-state index contributed by atoms with van der Waals surface area (Å²) >= 11 is 0. The molecule has 0 aromatic heterocycles. The largest absolute Gasteiger partial charge is 0.444 e. The van der Waals surface area contributed by atoms with Crippen LogP contribution in [0, 0.1) is 0 Å². The van der Waals surface area contributed by atoms with Crippen LogP contribution in [0.5, 0.6) is 0 Å². The second kappa shape index (κ2) is 10.7. The molecule has 1 rings (SSSR count). The normalized spacial score (nSPS) is 16.8. The second-order valence-electron chi connectivity index (χ2n) is 8.32. The molecule has 0 bridgehead atoms. The average molecular weight is 386 g/mol. The highest BCUT2D eigenvalue weighted by molar-refractivity contribution is 5.79. The number of ether oxygens (including phenoxy) is 2. The molecular formula is C19H39N5O3. The number of guanidine groups is 1. The summed E-state index contributed by atoms with van der Waals surface area (Å²) in [6, 6.07) is 0. The van der Waals surface area contributed by atoms with E-state index in [1.165, 1.54) is 0 Å². The fraction of sp³-hybridized carbons (Fsp3) is 0.895. The topological polar surface area (TPSA) is 78.4 Å². The molecule has 0 radical (unpaired) electrons. The number of nitrogens with zero attached hydrogens (tertiary/aromatic N) is 3. The number of carbonyl (C=O) groups is 1. The summed E-state index contributed by atoms with van der Waals surface area (Å²) in [6.45, 7) is 18.0. The lowest BCUT2D eigenvalue weighted by atomic mass is 10.0. The number of aliphatic imine (C=N–C) groups is 1. The van der Waals surface area contributed by atoms with Crippen LogP contribution in [0.1, 0.15) is 41.5 Å². The van der Waals surface area contributed by atoms with Crippen molar-refractivity contribution < 1.29 is 14.3 Å². The molecular weight excluding hydrogens is 346 g/mol. The Balaban J connectivity index is 2.41. The number of hydrogen-bond donors (Lipinski definition) is 2. The smallest absolute Gasteiger partial charge is 0.410 e. The van der Waals surface area contributed by atoms with E-state index >= 15 is 0 Å². The molecule has 0 saturated carbocycles. The van der Waals surface area contributed by atoms with Crippen molar-refractivity contribution >= 4 is 12.1 Å². The Morgan fingerprint density at radius 3 is 2.33 bits per heavy atom. The molecule has 1 saturated heterocycles. The molecule has 8 nitrogen and oxygen atoms in total. The molecule has 0 aromatic rings. The van der Waals surface area contributed by atoms with Gasteiger partial charge in [0.1, 0.15) is 5.60 Å². The first-order valence-electron chi connectivity index (χ1n) is 9.84. The van der Waals surface area contributed by atoms with Gasteiger partial charge in [0.05, 0.1) is 13.2 Å². The summed E-state index contributed by atoms with van der Waals surface area (Å²) in [4.78, 5) is 20.6. The van der Waals surface area contributed by atoms with Gasteiger partial charge in [-0.3, -0.25) is 9.89 Å². The predicted octanol–water partition coefficient (Wildman–Crippen LogP) is 1.52. The number of rotatable bonds is 7. The first-order chi connectivity index (χ1) is 12.6. The van der Waals surface area contributed by atoms with Crippen LogP contribution >= 0.6 is 0 Å². The Bertz CT molecular complexity index is 482. The fourth-order valence-corrected chi connectivity index (χ4v) is 2.82. The fourth-order valence-electron chi connectivity index (χ4n) is 2.82. The number of amides is 1. The molecule has 158 valence electrons. The molecule has 1 fully saturated rings. The van der Waals surface area contributed by atoms with E-state index in [2.05, 4.69) is 34.4 Å². The van der Waals surface area contributed by atoms with Crippen LogP contribution in [-0.2, 0) is 9.47 Å². The lowest BCUT2D eigenvalue weighted by Crippen LogP contribution is -2.56. The molecule has 2 N–H and O–H groups in total. The predicted molar refractivity (Wildman–Crippen MR) is 109 cm³/mol. The van der Waals surface area contributed by atoms with Crippen molar-refractivity contribution in [2.45, 2.75) is 52.7 Å². The van der Waals surface area contributed by atoms with Crippen LogP contribution < -0.4 is 10.6 Å². The first kappa shape index (κ1) is 23.5. The monoisotopic (exact) mass is 385 g/mol. The van der Waals surface area contributed by atoms with Crippen LogP contribution in [0.25, 0.3) is 0 Å². The van der Waals surface area contributed by atoms with Gasteiger partial charge < -0.3 is 25.0 Å². The minimum absolute atomic E-state index is 0.00731. The van der Waals surface area contributed by atoms with Crippen LogP contribution in [0.2, 0.25) is 0 Å². The van der Waals surface area contributed by atoms with Crippen molar-refractivity contribution in [3.05, 3.63) is 0 Å². The quantitative estimate of drug-likeness (QED) is 0.511. The number of carbonyl (C=O) groups excluding carboxylic acids is 1. The zero-order valence-electron chi connectivity index (χ0n) is 18.2. The highest BCUT2D eigenvalue weighted by atomic mass is 16.6. The van der Waals surface area contributed by atoms with E-state index in [1.807, 2.05) is 27.7 Å². The molecule has 0 aliphatic carbocycles. The molecule has 1 aliphatic rings.